The molecular formula is C14H11N3O3. The van der Waals surface area contributed by atoms with E-state index in [0.29, 0.717) is 23.2 Å². The summed E-state index contributed by atoms with van der Waals surface area (Å²) in [5, 5.41) is 13.2. The van der Waals surface area contributed by atoms with E-state index in [0.717, 1.165) is 5.56 Å². The molecule has 0 aliphatic rings. The molecule has 0 bridgehead atoms. The quantitative estimate of drug-likeness (QED) is 0.786. The molecule has 0 amide bonds. The summed E-state index contributed by atoms with van der Waals surface area (Å²) in [6.45, 7) is 0. The van der Waals surface area contributed by atoms with Gasteiger partial charge in [-0.15, -0.1) is 0 Å². The van der Waals surface area contributed by atoms with Crippen molar-refractivity contribution in [2.45, 2.75) is 0 Å². The summed E-state index contributed by atoms with van der Waals surface area (Å²) in [7, 11) is 1.53. The van der Waals surface area contributed by atoms with Gasteiger partial charge in [-0.05, 0) is 36.4 Å². The molecule has 0 saturated heterocycles. The third-order valence-electron chi connectivity index (χ3n) is 2.75. The summed E-state index contributed by atoms with van der Waals surface area (Å²) in [4.78, 5) is 8.39. The summed E-state index contributed by atoms with van der Waals surface area (Å²) in [5.41, 5.74) is 1.38. The van der Waals surface area contributed by atoms with Crippen molar-refractivity contribution >= 4 is 0 Å². The molecule has 0 spiro atoms. The third kappa shape index (κ3) is 2.18. The summed E-state index contributed by atoms with van der Waals surface area (Å²) < 4.78 is 10.4. The van der Waals surface area contributed by atoms with Gasteiger partial charge in [0.05, 0.1) is 7.11 Å². The van der Waals surface area contributed by atoms with Crippen LogP contribution in [-0.2, 0) is 0 Å². The Labute approximate surface area is 114 Å². The number of nitrogens with zero attached hydrogens (tertiary/aromatic N) is 3. The zero-order valence-electron chi connectivity index (χ0n) is 10.6. The predicted molar refractivity (Wildman–Crippen MR) is 71.2 cm³/mol. The zero-order valence-corrected chi connectivity index (χ0v) is 10.6. The molecule has 100 valence electrons. The number of hydrogen-bond donors (Lipinski definition) is 1. The molecule has 2 heterocycles. The van der Waals surface area contributed by atoms with Gasteiger partial charge in [-0.3, -0.25) is 0 Å². The Balaban J connectivity index is 2.00. The molecule has 2 aromatic heterocycles. The van der Waals surface area contributed by atoms with Gasteiger partial charge in [-0.1, -0.05) is 5.16 Å². The van der Waals surface area contributed by atoms with E-state index in [4.69, 9.17) is 9.26 Å². The number of aromatic nitrogens is 3. The lowest BCUT2D eigenvalue weighted by Crippen LogP contribution is -1.90. The van der Waals surface area contributed by atoms with E-state index in [9.17, 15) is 5.11 Å². The number of pyridine rings is 1. The summed E-state index contributed by atoms with van der Waals surface area (Å²) in [6, 6.07) is 10.1. The van der Waals surface area contributed by atoms with Gasteiger partial charge in [-0.2, -0.15) is 4.98 Å². The van der Waals surface area contributed by atoms with Crippen molar-refractivity contribution in [2.75, 3.05) is 7.11 Å². The number of aromatic hydroxyl groups is 1. The van der Waals surface area contributed by atoms with E-state index in [-0.39, 0.29) is 5.75 Å². The minimum absolute atomic E-state index is 0.186. The van der Waals surface area contributed by atoms with Crippen LogP contribution < -0.4 is 4.74 Å². The van der Waals surface area contributed by atoms with Gasteiger partial charge in [-0.25, -0.2) is 4.98 Å². The van der Waals surface area contributed by atoms with Gasteiger partial charge < -0.3 is 14.4 Å². The molecule has 0 radical (unpaired) electrons. The van der Waals surface area contributed by atoms with Crippen LogP contribution in [0.15, 0.2) is 47.1 Å². The van der Waals surface area contributed by atoms with Crippen LogP contribution in [0.3, 0.4) is 0 Å². The van der Waals surface area contributed by atoms with Gasteiger partial charge in [0.2, 0.25) is 11.7 Å². The van der Waals surface area contributed by atoms with Crippen LogP contribution in [0.4, 0.5) is 0 Å². The van der Waals surface area contributed by atoms with Crippen LogP contribution in [-0.4, -0.2) is 27.3 Å². The number of ether oxygens (including phenoxy) is 1. The highest BCUT2D eigenvalue weighted by atomic mass is 16.5. The molecule has 1 N–H and O–H groups in total. The fraction of sp³-hybridized carbons (Fsp3) is 0.0714. The highest BCUT2D eigenvalue weighted by Gasteiger charge is 2.15. The second kappa shape index (κ2) is 5.00. The van der Waals surface area contributed by atoms with E-state index in [1.165, 1.54) is 7.11 Å². The number of methoxy groups -OCH3 is 1. The van der Waals surface area contributed by atoms with Crippen LogP contribution >= 0.6 is 0 Å². The Bertz CT molecular complexity index is 723. The Hall–Kier alpha value is -2.89. The number of benzene rings is 1. The average Bonchev–Trinajstić information content (AvgIpc) is 2.97. The minimum atomic E-state index is 0.186. The van der Waals surface area contributed by atoms with Crippen molar-refractivity contribution in [2.24, 2.45) is 0 Å². The fourth-order valence-corrected chi connectivity index (χ4v) is 1.78. The van der Waals surface area contributed by atoms with Crippen molar-refractivity contribution in [1.82, 2.24) is 15.1 Å². The first kappa shape index (κ1) is 12.2. The van der Waals surface area contributed by atoms with Gasteiger partial charge in [0, 0.05) is 11.8 Å². The van der Waals surface area contributed by atoms with Gasteiger partial charge >= 0.3 is 0 Å². The molecule has 0 aliphatic heterocycles. The second-order valence-corrected chi connectivity index (χ2v) is 4.03. The van der Waals surface area contributed by atoms with Gasteiger partial charge in [0.25, 0.3) is 5.89 Å². The number of rotatable bonds is 3. The van der Waals surface area contributed by atoms with E-state index >= 15 is 0 Å². The standard InChI is InChI=1S/C14H11N3O3/c1-19-13-11(3-2-8-15-13)14-16-12(17-20-14)9-4-6-10(18)7-5-9/h2-8,18H,1H3. The molecule has 0 saturated carbocycles. The number of hydrogen-bond acceptors (Lipinski definition) is 6. The molecule has 0 aliphatic carbocycles. The largest absolute Gasteiger partial charge is 0.508 e. The van der Waals surface area contributed by atoms with Crippen molar-refractivity contribution < 1.29 is 14.4 Å². The molecule has 0 fully saturated rings. The van der Waals surface area contributed by atoms with Crippen LogP contribution in [0.1, 0.15) is 0 Å². The Kier molecular flexibility index (Phi) is 3.04. The highest BCUT2D eigenvalue weighted by Crippen LogP contribution is 2.28. The van der Waals surface area contributed by atoms with Crippen LogP contribution in [0.25, 0.3) is 22.8 Å². The summed E-state index contributed by atoms with van der Waals surface area (Å²) in [5.74, 6) is 1.38. The van der Waals surface area contributed by atoms with E-state index in [2.05, 4.69) is 15.1 Å². The van der Waals surface area contributed by atoms with E-state index < -0.39 is 0 Å². The maximum Gasteiger partial charge on any atom is 0.263 e. The van der Waals surface area contributed by atoms with Crippen molar-refractivity contribution in [1.29, 1.82) is 0 Å². The average molecular weight is 269 g/mol. The van der Waals surface area contributed by atoms with Crippen molar-refractivity contribution in [3.8, 4) is 34.5 Å². The van der Waals surface area contributed by atoms with Crippen LogP contribution in [0.2, 0.25) is 0 Å². The topological polar surface area (TPSA) is 81.3 Å². The highest BCUT2D eigenvalue weighted by molar-refractivity contribution is 5.63. The Morgan fingerprint density at radius 3 is 2.70 bits per heavy atom. The van der Waals surface area contributed by atoms with E-state index in [1.54, 1.807) is 42.6 Å². The minimum Gasteiger partial charge on any atom is -0.508 e. The maximum atomic E-state index is 9.27. The van der Waals surface area contributed by atoms with Crippen molar-refractivity contribution in [3.05, 3.63) is 42.6 Å². The lowest BCUT2D eigenvalue weighted by Gasteiger charge is -2.01. The Morgan fingerprint density at radius 1 is 1.15 bits per heavy atom. The fourth-order valence-electron chi connectivity index (χ4n) is 1.78. The van der Waals surface area contributed by atoms with Crippen LogP contribution in [0.5, 0.6) is 11.6 Å². The molecule has 3 rings (SSSR count). The number of phenolic OH excluding ortho intramolecular Hbond substituents is 1. The van der Waals surface area contributed by atoms with E-state index in [1.807, 2.05) is 0 Å². The first-order valence-corrected chi connectivity index (χ1v) is 5.90. The molecule has 6 nitrogen and oxygen atoms in total. The summed E-state index contributed by atoms with van der Waals surface area (Å²) >= 11 is 0. The lowest BCUT2D eigenvalue weighted by atomic mass is 10.2. The van der Waals surface area contributed by atoms with Gasteiger partial charge in [0.15, 0.2) is 0 Å². The monoisotopic (exact) mass is 269 g/mol. The number of phenols is 1. The molecule has 20 heavy (non-hydrogen) atoms. The van der Waals surface area contributed by atoms with Crippen molar-refractivity contribution in [3.63, 3.8) is 0 Å². The second-order valence-electron chi connectivity index (χ2n) is 4.03. The Morgan fingerprint density at radius 2 is 1.95 bits per heavy atom. The first-order chi connectivity index (χ1) is 9.78. The third-order valence-corrected chi connectivity index (χ3v) is 2.75. The molecule has 0 atom stereocenters. The normalized spacial score (nSPS) is 10.4. The maximum absolute atomic E-state index is 9.27. The molecule has 0 unspecified atom stereocenters. The molecular weight excluding hydrogens is 258 g/mol. The first-order valence-electron chi connectivity index (χ1n) is 5.90. The molecule has 1 aromatic carbocycles. The zero-order chi connectivity index (χ0) is 13.9. The summed E-state index contributed by atoms with van der Waals surface area (Å²) in [6.07, 6.45) is 1.62. The SMILES string of the molecule is COc1ncccc1-c1nc(-c2ccc(O)cc2)no1. The smallest absolute Gasteiger partial charge is 0.263 e. The lowest BCUT2D eigenvalue weighted by molar-refractivity contribution is 0.392. The molecule has 3 aromatic rings. The predicted octanol–water partition coefficient (Wildman–Crippen LogP) is 2.51. The van der Waals surface area contributed by atoms with Gasteiger partial charge in [0.1, 0.15) is 11.3 Å². The van der Waals surface area contributed by atoms with Crippen LogP contribution in [0, 0.1) is 0 Å². The molecule has 6 heteroatoms.